The van der Waals surface area contributed by atoms with Crippen molar-refractivity contribution in [2.45, 2.75) is 18.1 Å². The number of thioether (sulfide) groups is 1. The Morgan fingerprint density at radius 3 is 2.66 bits per heavy atom. The molecule has 1 aromatic heterocycles. The molecule has 0 radical (unpaired) electrons. The maximum atomic E-state index is 13.9. The number of nitrogens with one attached hydrogen (secondary N) is 2. The number of anilines is 1. The van der Waals surface area contributed by atoms with Gasteiger partial charge in [-0.25, -0.2) is 4.39 Å². The fourth-order valence-corrected chi connectivity index (χ4v) is 4.29. The van der Waals surface area contributed by atoms with E-state index in [1.54, 1.807) is 30.7 Å². The molecule has 168 valence electrons. The van der Waals surface area contributed by atoms with Crippen molar-refractivity contribution in [3.8, 4) is 0 Å². The zero-order valence-corrected chi connectivity index (χ0v) is 20.7. The number of rotatable bonds is 7. The van der Waals surface area contributed by atoms with Crippen molar-refractivity contribution < 1.29 is 14.0 Å². The Morgan fingerprint density at radius 1 is 1.22 bits per heavy atom. The summed E-state index contributed by atoms with van der Waals surface area (Å²) >= 11 is 16.3. The lowest BCUT2D eigenvalue weighted by molar-refractivity contribution is -0.113. The number of carbonyl (C=O) groups excluding carboxylic acids is 2. The monoisotopic (exact) mass is 559 g/mol. The summed E-state index contributed by atoms with van der Waals surface area (Å²) in [4.78, 5) is 24.7. The molecule has 1 heterocycles. The predicted octanol–water partition coefficient (Wildman–Crippen LogP) is 5.25. The van der Waals surface area contributed by atoms with E-state index in [9.17, 15) is 14.0 Å². The molecule has 2 aromatic carbocycles. The minimum absolute atomic E-state index is 0.00258. The van der Waals surface area contributed by atoms with Gasteiger partial charge in [-0.1, -0.05) is 50.9 Å². The molecule has 12 heteroatoms. The third-order valence-electron chi connectivity index (χ3n) is 4.32. The van der Waals surface area contributed by atoms with Crippen molar-refractivity contribution in [3.05, 3.63) is 68.1 Å². The van der Waals surface area contributed by atoms with Crippen molar-refractivity contribution in [1.29, 1.82) is 0 Å². The molecule has 1 atom stereocenters. The molecule has 2 N–H and O–H groups in total. The Kier molecular flexibility index (Phi) is 8.16. The van der Waals surface area contributed by atoms with Crippen molar-refractivity contribution >= 4 is 68.4 Å². The van der Waals surface area contributed by atoms with Crippen LogP contribution in [0.4, 0.5) is 10.1 Å². The van der Waals surface area contributed by atoms with E-state index in [1.165, 1.54) is 24.3 Å². The standard InChI is InChI=1S/C20H17BrCl2FN5O2S/c1-10(25-19(31)13-5-4-12(22)8-14(13)23)18-27-28-20(29(18)2)32-9-17(30)26-16-6-3-11(21)7-15(16)24/h3-8,10H,9H2,1-2H3,(H,25,31)(H,26,30)/t10-/m1/s1. The molecule has 32 heavy (non-hydrogen) atoms. The number of nitrogens with zero attached hydrogens (tertiary/aromatic N) is 3. The van der Waals surface area contributed by atoms with Gasteiger partial charge < -0.3 is 15.2 Å². The maximum absolute atomic E-state index is 13.9. The lowest BCUT2D eigenvalue weighted by Gasteiger charge is -2.14. The molecule has 3 aromatic rings. The third kappa shape index (κ3) is 6.00. The van der Waals surface area contributed by atoms with E-state index in [2.05, 4.69) is 36.8 Å². The first-order valence-corrected chi connectivity index (χ1v) is 11.7. The molecule has 0 aliphatic rings. The highest BCUT2D eigenvalue weighted by atomic mass is 79.9. The molecular formula is C20H17BrCl2FN5O2S. The molecule has 0 fully saturated rings. The van der Waals surface area contributed by atoms with Gasteiger partial charge >= 0.3 is 0 Å². The van der Waals surface area contributed by atoms with Gasteiger partial charge in [0, 0.05) is 16.5 Å². The number of amides is 2. The van der Waals surface area contributed by atoms with Crippen LogP contribution in [0.5, 0.6) is 0 Å². The second-order valence-corrected chi connectivity index (χ2v) is 9.38. The summed E-state index contributed by atoms with van der Waals surface area (Å²) in [6, 6.07) is 8.50. The van der Waals surface area contributed by atoms with Crippen molar-refractivity contribution in [2.24, 2.45) is 7.05 Å². The molecule has 0 saturated carbocycles. The van der Waals surface area contributed by atoms with Crippen molar-refractivity contribution in [1.82, 2.24) is 20.1 Å². The van der Waals surface area contributed by atoms with E-state index in [4.69, 9.17) is 23.2 Å². The summed E-state index contributed by atoms with van der Waals surface area (Å²) in [7, 11) is 1.72. The van der Waals surface area contributed by atoms with Crippen LogP contribution in [0.2, 0.25) is 10.0 Å². The van der Waals surface area contributed by atoms with Gasteiger partial charge in [0.05, 0.1) is 28.1 Å². The maximum Gasteiger partial charge on any atom is 0.253 e. The smallest absolute Gasteiger partial charge is 0.253 e. The van der Waals surface area contributed by atoms with Gasteiger partial charge in [0.25, 0.3) is 5.91 Å². The fourth-order valence-electron chi connectivity index (χ4n) is 2.75. The second kappa shape index (κ2) is 10.7. The van der Waals surface area contributed by atoms with Gasteiger partial charge in [-0.3, -0.25) is 9.59 Å². The minimum atomic E-state index is -0.538. The zero-order chi connectivity index (χ0) is 23.4. The molecule has 2 amide bonds. The molecule has 0 spiro atoms. The Morgan fingerprint density at radius 2 is 1.97 bits per heavy atom. The number of carbonyl (C=O) groups is 2. The van der Waals surface area contributed by atoms with E-state index in [-0.39, 0.29) is 33.8 Å². The minimum Gasteiger partial charge on any atom is -0.342 e. The summed E-state index contributed by atoms with van der Waals surface area (Å²) in [5.41, 5.74) is 0.381. The normalized spacial score (nSPS) is 11.8. The summed E-state index contributed by atoms with van der Waals surface area (Å²) in [5, 5.41) is 14.7. The number of hydrogen-bond acceptors (Lipinski definition) is 5. The van der Waals surface area contributed by atoms with Gasteiger partial charge in [-0.05, 0) is 43.3 Å². The van der Waals surface area contributed by atoms with E-state index >= 15 is 0 Å². The first-order chi connectivity index (χ1) is 15.2. The Bertz CT molecular complexity index is 1180. The summed E-state index contributed by atoms with van der Waals surface area (Å²) in [5.74, 6) is -0.816. The number of hydrogen-bond donors (Lipinski definition) is 2. The number of aromatic nitrogens is 3. The number of benzene rings is 2. The molecule has 0 unspecified atom stereocenters. The molecule has 0 bridgehead atoms. The number of halogens is 4. The van der Waals surface area contributed by atoms with Crippen molar-refractivity contribution in [2.75, 3.05) is 11.1 Å². The Balaban J connectivity index is 1.60. The quantitative estimate of drug-likeness (QED) is 0.385. The summed E-state index contributed by atoms with van der Waals surface area (Å²) in [6.45, 7) is 1.75. The Hall–Kier alpha value is -2.14. The van der Waals surface area contributed by atoms with Gasteiger partial charge in [0.1, 0.15) is 5.82 Å². The first-order valence-electron chi connectivity index (χ1n) is 9.18. The molecule has 0 saturated heterocycles. The third-order valence-corrected chi connectivity index (χ3v) is 6.38. The van der Waals surface area contributed by atoms with Gasteiger partial charge in [0.15, 0.2) is 11.0 Å². The molecule has 3 rings (SSSR count). The molecule has 0 aliphatic heterocycles. The molecular weight excluding hydrogens is 544 g/mol. The Labute approximate surface area is 206 Å². The average Bonchev–Trinajstić information content (AvgIpc) is 3.09. The summed E-state index contributed by atoms with van der Waals surface area (Å²) < 4.78 is 16.1. The lowest BCUT2D eigenvalue weighted by Crippen LogP contribution is -2.28. The van der Waals surface area contributed by atoms with E-state index in [0.29, 0.717) is 20.5 Å². The van der Waals surface area contributed by atoms with Gasteiger partial charge in [-0.2, -0.15) is 0 Å². The predicted molar refractivity (Wildman–Crippen MR) is 127 cm³/mol. The highest BCUT2D eigenvalue weighted by Gasteiger charge is 2.20. The van der Waals surface area contributed by atoms with Crippen molar-refractivity contribution in [3.63, 3.8) is 0 Å². The largest absolute Gasteiger partial charge is 0.342 e. The van der Waals surface area contributed by atoms with E-state index in [1.807, 2.05) is 0 Å². The van der Waals surface area contributed by atoms with E-state index in [0.717, 1.165) is 11.8 Å². The van der Waals surface area contributed by atoms with Crippen LogP contribution in [0.1, 0.15) is 29.1 Å². The molecule has 0 aliphatic carbocycles. The highest BCUT2D eigenvalue weighted by Crippen LogP contribution is 2.24. The van der Waals surface area contributed by atoms with E-state index < -0.39 is 11.9 Å². The van der Waals surface area contributed by atoms with Gasteiger partial charge in [0.2, 0.25) is 5.91 Å². The topological polar surface area (TPSA) is 88.9 Å². The summed E-state index contributed by atoms with van der Waals surface area (Å²) in [6.07, 6.45) is 0. The van der Waals surface area contributed by atoms with Crippen LogP contribution in [-0.2, 0) is 11.8 Å². The fraction of sp³-hybridized carbons (Fsp3) is 0.200. The average molecular weight is 561 g/mol. The molecule has 7 nitrogen and oxygen atoms in total. The van der Waals surface area contributed by atoms with Crippen LogP contribution in [0.15, 0.2) is 46.0 Å². The second-order valence-electron chi connectivity index (χ2n) is 6.68. The SMILES string of the molecule is C[C@@H](NC(=O)c1ccc(Cl)cc1Cl)c1nnc(SCC(=O)Nc2ccc(Br)cc2F)n1C. The zero-order valence-electron chi connectivity index (χ0n) is 16.8. The van der Waals surface area contributed by atoms with Crippen LogP contribution in [-0.4, -0.2) is 32.3 Å². The van der Waals surface area contributed by atoms with Crippen LogP contribution in [0, 0.1) is 5.82 Å². The van der Waals surface area contributed by atoms with Crippen LogP contribution >= 0.6 is 50.9 Å². The van der Waals surface area contributed by atoms with Crippen LogP contribution in [0.25, 0.3) is 0 Å². The highest BCUT2D eigenvalue weighted by molar-refractivity contribution is 9.10. The van der Waals surface area contributed by atoms with Crippen LogP contribution in [0.3, 0.4) is 0 Å². The van der Waals surface area contributed by atoms with Gasteiger partial charge in [-0.15, -0.1) is 10.2 Å². The van der Waals surface area contributed by atoms with Crippen LogP contribution < -0.4 is 10.6 Å². The lowest BCUT2D eigenvalue weighted by atomic mass is 10.2. The first kappa shape index (κ1) is 24.5.